The third kappa shape index (κ3) is 5.25. The summed E-state index contributed by atoms with van der Waals surface area (Å²) in [6.45, 7) is 4.11. The number of halogens is 3. The Morgan fingerprint density at radius 2 is 1.09 bits per heavy atom. The second-order valence-corrected chi connectivity index (χ2v) is 8.71. The summed E-state index contributed by atoms with van der Waals surface area (Å²) in [6.07, 6.45) is 3.76. The Kier molecular flexibility index (Phi) is 7.52. The summed E-state index contributed by atoms with van der Waals surface area (Å²) in [4.78, 5) is 0. The van der Waals surface area contributed by atoms with Gasteiger partial charge in [-0.25, -0.2) is 13.2 Å². The Labute approximate surface area is 200 Å². The van der Waals surface area contributed by atoms with Crippen LogP contribution in [0.15, 0.2) is 78.9 Å². The highest BCUT2D eigenvalue weighted by molar-refractivity contribution is 5.66. The first-order valence-corrected chi connectivity index (χ1v) is 11.9. The highest BCUT2D eigenvalue weighted by Gasteiger charge is 2.15. The molecule has 0 fully saturated rings. The van der Waals surface area contributed by atoms with Crippen molar-refractivity contribution in [3.05, 3.63) is 119 Å². The molecule has 0 spiro atoms. The topological polar surface area (TPSA) is 0 Å². The molecule has 34 heavy (non-hydrogen) atoms. The molecule has 174 valence electrons. The average Bonchev–Trinajstić information content (AvgIpc) is 2.86. The van der Waals surface area contributed by atoms with Crippen molar-refractivity contribution in [1.29, 1.82) is 0 Å². The highest BCUT2D eigenvalue weighted by atomic mass is 19.2. The zero-order valence-corrected chi connectivity index (χ0v) is 19.7. The van der Waals surface area contributed by atoms with E-state index < -0.39 is 11.6 Å². The van der Waals surface area contributed by atoms with Crippen molar-refractivity contribution in [2.75, 3.05) is 0 Å². The molecule has 0 saturated heterocycles. The molecule has 0 atom stereocenters. The second kappa shape index (κ2) is 10.7. The molecule has 0 nitrogen and oxygen atoms in total. The van der Waals surface area contributed by atoms with Crippen LogP contribution in [0.5, 0.6) is 0 Å². The van der Waals surface area contributed by atoms with E-state index in [1.807, 2.05) is 61.5 Å². The molecule has 0 saturated carbocycles. The van der Waals surface area contributed by atoms with E-state index in [-0.39, 0.29) is 11.4 Å². The van der Waals surface area contributed by atoms with E-state index in [0.717, 1.165) is 36.0 Å². The van der Waals surface area contributed by atoms with Crippen LogP contribution in [0.2, 0.25) is 0 Å². The van der Waals surface area contributed by atoms with Crippen LogP contribution >= 0.6 is 0 Å². The first-order chi connectivity index (χ1) is 16.5. The standard InChI is InChI=1S/C31H29F3/c1-3-5-22-6-14-25(15-7-22)28-19-17-26(30(33)31(28)34)16-10-23-8-12-24(13-9-23)27-18-11-21(4-2)20-29(27)32/h6-9,11-15,17-20H,3-5,10,16H2,1-2H3. The van der Waals surface area contributed by atoms with Gasteiger partial charge >= 0.3 is 0 Å². The second-order valence-electron chi connectivity index (χ2n) is 8.71. The largest absolute Gasteiger partial charge is 0.206 e. The zero-order chi connectivity index (χ0) is 24.1. The summed E-state index contributed by atoms with van der Waals surface area (Å²) < 4.78 is 44.1. The van der Waals surface area contributed by atoms with Crippen molar-refractivity contribution >= 4 is 0 Å². The van der Waals surface area contributed by atoms with Gasteiger partial charge in [-0.2, -0.15) is 0 Å². The number of aryl methyl sites for hydroxylation is 4. The van der Waals surface area contributed by atoms with Gasteiger partial charge in [0.15, 0.2) is 11.6 Å². The van der Waals surface area contributed by atoms with E-state index in [0.29, 0.717) is 29.5 Å². The molecule has 3 heteroatoms. The van der Waals surface area contributed by atoms with Gasteiger partial charge in [0.05, 0.1) is 0 Å². The summed E-state index contributed by atoms with van der Waals surface area (Å²) in [5.41, 5.74) is 5.83. The average molecular weight is 459 g/mol. The maximum absolute atomic E-state index is 14.8. The van der Waals surface area contributed by atoms with E-state index in [1.54, 1.807) is 24.3 Å². The lowest BCUT2D eigenvalue weighted by Crippen LogP contribution is -2.00. The van der Waals surface area contributed by atoms with Crippen LogP contribution in [0.3, 0.4) is 0 Å². The fraction of sp³-hybridized carbons (Fsp3) is 0.226. The van der Waals surface area contributed by atoms with Crippen LogP contribution in [0.1, 0.15) is 42.5 Å². The molecule has 0 aliphatic heterocycles. The Hall–Kier alpha value is -3.33. The first-order valence-electron chi connectivity index (χ1n) is 11.9. The lowest BCUT2D eigenvalue weighted by atomic mass is 9.96. The van der Waals surface area contributed by atoms with Crippen LogP contribution in [0, 0.1) is 17.5 Å². The lowest BCUT2D eigenvalue weighted by molar-refractivity contribution is 0.501. The molecular weight excluding hydrogens is 429 g/mol. The van der Waals surface area contributed by atoms with Crippen molar-refractivity contribution in [2.45, 2.75) is 46.0 Å². The Morgan fingerprint density at radius 3 is 1.68 bits per heavy atom. The minimum atomic E-state index is -0.804. The van der Waals surface area contributed by atoms with Crippen LogP contribution in [0.25, 0.3) is 22.3 Å². The Morgan fingerprint density at radius 1 is 0.529 bits per heavy atom. The van der Waals surface area contributed by atoms with Gasteiger partial charge in [-0.1, -0.05) is 93.1 Å². The number of benzene rings is 4. The summed E-state index contributed by atoms with van der Waals surface area (Å²) >= 11 is 0. The molecule has 4 aromatic carbocycles. The molecular formula is C31H29F3. The van der Waals surface area contributed by atoms with E-state index in [1.165, 1.54) is 5.56 Å². The van der Waals surface area contributed by atoms with Crippen molar-refractivity contribution in [3.8, 4) is 22.3 Å². The molecule has 4 rings (SSSR count). The van der Waals surface area contributed by atoms with Gasteiger partial charge < -0.3 is 0 Å². The molecule has 0 N–H and O–H groups in total. The molecule has 0 aliphatic rings. The van der Waals surface area contributed by atoms with Gasteiger partial charge in [-0.15, -0.1) is 0 Å². The number of hydrogen-bond donors (Lipinski definition) is 0. The Bertz CT molecular complexity index is 1260. The Balaban J connectivity index is 1.46. The van der Waals surface area contributed by atoms with E-state index in [2.05, 4.69) is 6.92 Å². The van der Waals surface area contributed by atoms with Gasteiger partial charge in [0.2, 0.25) is 0 Å². The molecule has 4 aromatic rings. The highest BCUT2D eigenvalue weighted by Crippen LogP contribution is 2.28. The predicted octanol–water partition coefficient (Wildman–Crippen LogP) is 8.74. The minimum absolute atomic E-state index is 0.232. The maximum Gasteiger partial charge on any atom is 0.166 e. The third-order valence-corrected chi connectivity index (χ3v) is 6.36. The summed E-state index contributed by atoms with van der Waals surface area (Å²) in [7, 11) is 0. The molecule has 0 heterocycles. The van der Waals surface area contributed by atoms with Crippen LogP contribution in [-0.2, 0) is 25.7 Å². The van der Waals surface area contributed by atoms with Crippen LogP contribution < -0.4 is 0 Å². The monoisotopic (exact) mass is 458 g/mol. The summed E-state index contributed by atoms with van der Waals surface area (Å²) in [6, 6.07) is 23.9. The van der Waals surface area contributed by atoms with Crippen molar-refractivity contribution in [1.82, 2.24) is 0 Å². The number of rotatable bonds is 8. The van der Waals surface area contributed by atoms with Gasteiger partial charge in [0.1, 0.15) is 5.82 Å². The molecule has 0 amide bonds. The van der Waals surface area contributed by atoms with Crippen molar-refractivity contribution < 1.29 is 13.2 Å². The summed E-state index contributed by atoms with van der Waals surface area (Å²) in [5.74, 6) is -1.82. The SMILES string of the molecule is CCCc1ccc(-c2ccc(CCc3ccc(-c4ccc(CC)cc4F)cc3)c(F)c2F)cc1. The molecule has 0 radical (unpaired) electrons. The third-order valence-electron chi connectivity index (χ3n) is 6.36. The molecule has 0 aliphatic carbocycles. The van der Waals surface area contributed by atoms with Crippen molar-refractivity contribution in [3.63, 3.8) is 0 Å². The fourth-order valence-corrected chi connectivity index (χ4v) is 4.29. The van der Waals surface area contributed by atoms with Crippen molar-refractivity contribution in [2.24, 2.45) is 0 Å². The number of hydrogen-bond acceptors (Lipinski definition) is 0. The zero-order valence-electron chi connectivity index (χ0n) is 19.7. The van der Waals surface area contributed by atoms with Gasteiger partial charge in [0, 0.05) is 11.1 Å². The van der Waals surface area contributed by atoms with E-state index >= 15 is 0 Å². The molecule has 0 unspecified atom stereocenters. The minimum Gasteiger partial charge on any atom is -0.206 e. The quantitative estimate of drug-likeness (QED) is 0.248. The predicted molar refractivity (Wildman–Crippen MR) is 134 cm³/mol. The van der Waals surface area contributed by atoms with Crippen LogP contribution in [-0.4, -0.2) is 0 Å². The first kappa shape index (κ1) is 23.8. The summed E-state index contributed by atoms with van der Waals surface area (Å²) in [5, 5.41) is 0. The normalized spacial score (nSPS) is 11.1. The maximum atomic E-state index is 14.8. The molecule has 0 bridgehead atoms. The molecule has 0 aromatic heterocycles. The smallest absolute Gasteiger partial charge is 0.166 e. The van der Waals surface area contributed by atoms with Gasteiger partial charge in [0.25, 0.3) is 0 Å². The lowest BCUT2D eigenvalue weighted by Gasteiger charge is -2.10. The van der Waals surface area contributed by atoms with Crippen LogP contribution in [0.4, 0.5) is 13.2 Å². The van der Waals surface area contributed by atoms with Gasteiger partial charge in [-0.3, -0.25) is 0 Å². The fourth-order valence-electron chi connectivity index (χ4n) is 4.29. The van der Waals surface area contributed by atoms with Gasteiger partial charge in [-0.05, 0) is 65.1 Å². The van der Waals surface area contributed by atoms with E-state index in [4.69, 9.17) is 0 Å². The van der Waals surface area contributed by atoms with E-state index in [9.17, 15) is 13.2 Å².